The first-order chi connectivity index (χ1) is 14.1. The van der Waals surface area contributed by atoms with E-state index in [2.05, 4.69) is 5.32 Å². The summed E-state index contributed by atoms with van der Waals surface area (Å²) in [6.45, 7) is -0.442. The van der Waals surface area contributed by atoms with Gasteiger partial charge in [-0.2, -0.15) is 0 Å². The van der Waals surface area contributed by atoms with Crippen molar-refractivity contribution in [2.45, 2.75) is 0 Å². The second-order valence-corrected chi connectivity index (χ2v) is 6.15. The predicted molar refractivity (Wildman–Crippen MR) is 108 cm³/mol. The monoisotopic (exact) mass is 391 g/mol. The maximum Gasteiger partial charge on any atom is 0.331 e. The molecule has 0 bridgehead atoms. The number of rotatable bonds is 6. The van der Waals surface area contributed by atoms with E-state index in [4.69, 9.17) is 18.3 Å². The molecule has 2 heterocycles. The van der Waals surface area contributed by atoms with Crippen molar-refractivity contribution in [2.24, 2.45) is 0 Å². The van der Waals surface area contributed by atoms with Gasteiger partial charge in [0.25, 0.3) is 5.91 Å². The highest BCUT2D eigenvalue weighted by Crippen LogP contribution is 2.36. The summed E-state index contributed by atoms with van der Waals surface area (Å²) < 4.78 is 21.2. The molecular weight excluding hydrogens is 374 g/mol. The average molecular weight is 391 g/mol. The molecule has 0 fully saturated rings. The van der Waals surface area contributed by atoms with Crippen molar-refractivity contribution in [1.29, 1.82) is 0 Å². The van der Waals surface area contributed by atoms with Crippen molar-refractivity contribution >= 4 is 45.6 Å². The van der Waals surface area contributed by atoms with Crippen LogP contribution in [-0.4, -0.2) is 25.6 Å². The fourth-order valence-corrected chi connectivity index (χ4v) is 2.93. The Morgan fingerprint density at radius 3 is 2.72 bits per heavy atom. The molecule has 0 saturated heterocycles. The van der Waals surface area contributed by atoms with Crippen LogP contribution in [0.25, 0.3) is 28.0 Å². The average Bonchev–Trinajstić information content (AvgIpc) is 3.37. The summed E-state index contributed by atoms with van der Waals surface area (Å²) in [4.78, 5) is 23.9. The molecular formula is C22H17NO6. The number of hydrogen-bond donors (Lipinski definition) is 1. The Labute approximate surface area is 165 Å². The van der Waals surface area contributed by atoms with E-state index in [0.717, 1.165) is 16.4 Å². The lowest BCUT2D eigenvalue weighted by atomic mass is 10.1. The zero-order valence-electron chi connectivity index (χ0n) is 15.5. The van der Waals surface area contributed by atoms with Gasteiger partial charge in [-0.15, -0.1) is 0 Å². The molecule has 0 radical (unpaired) electrons. The number of amides is 1. The van der Waals surface area contributed by atoms with Crippen LogP contribution in [0.2, 0.25) is 0 Å². The van der Waals surface area contributed by atoms with E-state index >= 15 is 0 Å². The predicted octanol–water partition coefficient (Wildman–Crippen LogP) is 4.38. The molecule has 4 rings (SSSR count). The molecule has 4 aromatic rings. The van der Waals surface area contributed by atoms with Crippen LogP contribution in [0.3, 0.4) is 0 Å². The summed E-state index contributed by atoms with van der Waals surface area (Å²) in [5.41, 5.74) is 1.78. The first kappa shape index (κ1) is 18.4. The molecule has 0 aliphatic carbocycles. The minimum Gasteiger partial charge on any atom is -0.495 e. The maximum absolute atomic E-state index is 12.2. The van der Waals surface area contributed by atoms with E-state index in [0.29, 0.717) is 22.8 Å². The highest BCUT2D eigenvalue weighted by Gasteiger charge is 2.14. The summed E-state index contributed by atoms with van der Waals surface area (Å²) in [6, 6.07) is 14.5. The number of carbonyl (C=O) groups excluding carboxylic acids is 2. The van der Waals surface area contributed by atoms with Gasteiger partial charge in [0, 0.05) is 22.9 Å². The fourth-order valence-electron chi connectivity index (χ4n) is 2.93. The Morgan fingerprint density at radius 2 is 1.93 bits per heavy atom. The number of fused-ring (bicyclic) bond motifs is 3. The molecule has 1 N–H and O–H groups in total. The smallest absolute Gasteiger partial charge is 0.331 e. The number of methoxy groups -OCH3 is 1. The van der Waals surface area contributed by atoms with Crippen molar-refractivity contribution in [1.82, 2.24) is 0 Å². The second kappa shape index (κ2) is 7.93. The van der Waals surface area contributed by atoms with Gasteiger partial charge in [-0.25, -0.2) is 4.79 Å². The molecule has 0 aliphatic heterocycles. The van der Waals surface area contributed by atoms with Gasteiger partial charge >= 0.3 is 5.97 Å². The minimum atomic E-state index is -0.656. The van der Waals surface area contributed by atoms with Crippen LogP contribution in [0.15, 0.2) is 69.7 Å². The van der Waals surface area contributed by atoms with Gasteiger partial charge in [-0.3, -0.25) is 4.79 Å². The van der Waals surface area contributed by atoms with Crippen LogP contribution in [0.1, 0.15) is 5.76 Å². The Kier molecular flexibility index (Phi) is 5.03. The van der Waals surface area contributed by atoms with Gasteiger partial charge in [0.2, 0.25) is 0 Å². The molecule has 1 amide bonds. The number of carbonyl (C=O) groups is 2. The SMILES string of the molecule is COc1cc2c(cc1NC(=O)COC(=O)C=Cc1ccco1)oc1ccccc12. The Balaban J connectivity index is 1.45. The molecule has 0 aliphatic rings. The molecule has 2 aromatic heterocycles. The first-order valence-electron chi connectivity index (χ1n) is 8.81. The van der Waals surface area contributed by atoms with Crippen LogP contribution in [0.5, 0.6) is 5.75 Å². The van der Waals surface area contributed by atoms with Gasteiger partial charge in [-0.05, 0) is 30.3 Å². The molecule has 7 nitrogen and oxygen atoms in total. The third-order valence-corrected chi connectivity index (χ3v) is 4.25. The summed E-state index contributed by atoms with van der Waals surface area (Å²) >= 11 is 0. The van der Waals surface area contributed by atoms with Crippen LogP contribution in [-0.2, 0) is 14.3 Å². The Morgan fingerprint density at radius 1 is 1.07 bits per heavy atom. The van der Waals surface area contributed by atoms with Gasteiger partial charge in [0.05, 0.1) is 19.1 Å². The highest BCUT2D eigenvalue weighted by atomic mass is 16.5. The zero-order chi connectivity index (χ0) is 20.2. The molecule has 0 unspecified atom stereocenters. The van der Waals surface area contributed by atoms with Crippen LogP contribution < -0.4 is 10.1 Å². The second-order valence-electron chi connectivity index (χ2n) is 6.15. The third-order valence-electron chi connectivity index (χ3n) is 4.25. The number of ether oxygens (including phenoxy) is 2. The maximum atomic E-state index is 12.2. The van der Waals surface area contributed by atoms with E-state index in [9.17, 15) is 9.59 Å². The van der Waals surface area contributed by atoms with Crippen molar-refractivity contribution in [3.63, 3.8) is 0 Å². The summed E-state index contributed by atoms with van der Waals surface area (Å²) in [7, 11) is 1.51. The topological polar surface area (TPSA) is 90.9 Å². The lowest BCUT2D eigenvalue weighted by Crippen LogP contribution is -2.20. The van der Waals surface area contributed by atoms with Crippen LogP contribution in [0.4, 0.5) is 5.69 Å². The van der Waals surface area contributed by atoms with E-state index in [-0.39, 0.29) is 0 Å². The summed E-state index contributed by atoms with van der Waals surface area (Å²) in [5, 5.41) is 4.51. The molecule has 0 atom stereocenters. The van der Waals surface area contributed by atoms with E-state index in [1.807, 2.05) is 24.3 Å². The fraction of sp³-hybridized carbons (Fsp3) is 0.0909. The van der Waals surface area contributed by atoms with Crippen molar-refractivity contribution < 1.29 is 27.9 Å². The van der Waals surface area contributed by atoms with Crippen molar-refractivity contribution in [3.8, 4) is 5.75 Å². The molecule has 29 heavy (non-hydrogen) atoms. The summed E-state index contributed by atoms with van der Waals surface area (Å²) in [6.07, 6.45) is 4.14. The lowest BCUT2D eigenvalue weighted by molar-refractivity contribution is -0.142. The van der Waals surface area contributed by atoms with Gasteiger partial charge in [0.15, 0.2) is 6.61 Å². The number of hydrogen-bond acceptors (Lipinski definition) is 6. The standard InChI is InChI=1S/C22H17NO6/c1-26-20-11-16-15-6-2-3-7-18(15)29-19(16)12-17(20)23-21(24)13-28-22(25)9-8-14-5-4-10-27-14/h2-12H,13H2,1H3,(H,23,24). The van der Waals surface area contributed by atoms with Crippen LogP contribution >= 0.6 is 0 Å². The molecule has 0 saturated carbocycles. The normalized spacial score (nSPS) is 11.2. The van der Waals surface area contributed by atoms with E-state index in [1.165, 1.54) is 25.5 Å². The largest absolute Gasteiger partial charge is 0.495 e. The zero-order valence-corrected chi connectivity index (χ0v) is 15.5. The third kappa shape index (κ3) is 3.98. The quantitative estimate of drug-likeness (QED) is 0.387. The molecule has 7 heteroatoms. The highest BCUT2D eigenvalue weighted by molar-refractivity contribution is 6.08. The van der Waals surface area contributed by atoms with Crippen molar-refractivity contribution in [2.75, 3.05) is 19.0 Å². The van der Waals surface area contributed by atoms with Crippen molar-refractivity contribution in [3.05, 3.63) is 66.6 Å². The molecule has 0 spiro atoms. The molecule has 146 valence electrons. The minimum absolute atomic E-state index is 0.422. The summed E-state index contributed by atoms with van der Waals surface area (Å²) in [5.74, 6) is -0.175. The van der Waals surface area contributed by atoms with Gasteiger partial charge in [0.1, 0.15) is 22.7 Å². The number of para-hydroxylation sites is 1. The molecule has 2 aromatic carbocycles. The van der Waals surface area contributed by atoms with E-state index < -0.39 is 18.5 Å². The number of benzene rings is 2. The number of nitrogens with one attached hydrogen (secondary N) is 1. The lowest BCUT2D eigenvalue weighted by Gasteiger charge is -2.10. The van der Waals surface area contributed by atoms with Gasteiger partial charge < -0.3 is 23.6 Å². The van der Waals surface area contributed by atoms with E-state index in [1.54, 1.807) is 24.3 Å². The first-order valence-corrected chi connectivity index (χ1v) is 8.81. The Hall–Kier alpha value is -4.00. The number of anilines is 1. The van der Waals surface area contributed by atoms with Crippen LogP contribution in [0, 0.1) is 0 Å². The van der Waals surface area contributed by atoms with Gasteiger partial charge in [-0.1, -0.05) is 18.2 Å². The number of esters is 1. The Bertz CT molecular complexity index is 1200. The number of furan rings is 2.